The van der Waals surface area contributed by atoms with E-state index in [1.165, 1.54) is 16.4 Å². The number of aryl methyl sites for hydroxylation is 2. The highest BCUT2D eigenvalue weighted by Crippen LogP contribution is 2.33. The number of nitrogens with one attached hydrogen (secondary N) is 1. The number of benzene rings is 1. The molecule has 13 heteroatoms. The molecule has 4 rings (SSSR count). The summed E-state index contributed by atoms with van der Waals surface area (Å²) in [7, 11) is -0.125. The number of aromatic amines is 1. The number of fused-ring (bicyclic) bond motifs is 1. The predicted molar refractivity (Wildman–Crippen MR) is 150 cm³/mol. The topological polar surface area (TPSA) is 136 Å². The largest absolute Gasteiger partial charge is 0.493 e. The summed E-state index contributed by atoms with van der Waals surface area (Å²) < 4.78 is 42.4. The fourth-order valence-electron chi connectivity index (χ4n) is 4.84. The van der Waals surface area contributed by atoms with E-state index in [2.05, 4.69) is 15.2 Å². The number of carbonyl (C=O) groups is 1. The number of hydrogen-bond donors (Lipinski definition) is 1. The second-order valence-corrected chi connectivity index (χ2v) is 12.7. The molecule has 2 aromatic heterocycles. The molecule has 12 nitrogen and oxygen atoms in total. The molecule has 0 aliphatic carbocycles. The monoisotopic (exact) mass is 575 g/mol. The molecule has 1 fully saturated rings. The number of H-pyrrole nitrogens is 1. The number of rotatable bonds is 10. The molecule has 218 valence electrons. The smallest absolute Gasteiger partial charge is 0.312 e. The highest BCUT2D eigenvalue weighted by Gasteiger charge is 2.36. The van der Waals surface area contributed by atoms with Crippen molar-refractivity contribution in [3.8, 4) is 17.1 Å². The van der Waals surface area contributed by atoms with Crippen LogP contribution in [-0.4, -0.2) is 89.5 Å². The van der Waals surface area contributed by atoms with Crippen LogP contribution in [0.4, 0.5) is 0 Å². The second-order valence-electron chi connectivity index (χ2n) is 10.8. The van der Waals surface area contributed by atoms with Crippen LogP contribution in [0.2, 0.25) is 0 Å². The van der Waals surface area contributed by atoms with Gasteiger partial charge in [0.25, 0.3) is 0 Å². The van der Waals surface area contributed by atoms with E-state index in [1.54, 1.807) is 31.5 Å². The minimum absolute atomic E-state index is 0.0867. The van der Waals surface area contributed by atoms with E-state index in [9.17, 15) is 18.0 Å². The van der Waals surface area contributed by atoms with Gasteiger partial charge in [0, 0.05) is 7.05 Å². The standard InChI is InChI=1S/C27H38N6O6S/c1-7-9-21-24-23(30-29-21)26(34)28-25(31(24)5)20-16-19(10-11-22(20)38-8-2)40(36,37)32-12-14-33(6,15-13-32)17-39-27(35)18(3)4/h10-11,16,18H,7-9,12-15,17H2,1-6H3/p+1. The average molecular weight is 576 g/mol. The minimum atomic E-state index is -3.86. The van der Waals surface area contributed by atoms with Crippen molar-refractivity contribution in [1.82, 2.24) is 24.1 Å². The molecule has 0 atom stereocenters. The van der Waals surface area contributed by atoms with Gasteiger partial charge in [0.1, 0.15) is 11.6 Å². The third-order valence-corrected chi connectivity index (χ3v) is 9.17. The summed E-state index contributed by atoms with van der Waals surface area (Å²) in [5, 5.41) is 7.12. The van der Waals surface area contributed by atoms with Crippen LogP contribution in [0.25, 0.3) is 22.4 Å². The van der Waals surface area contributed by atoms with Crippen molar-refractivity contribution in [2.75, 3.05) is 46.6 Å². The van der Waals surface area contributed by atoms with Gasteiger partial charge in [-0.15, -0.1) is 0 Å². The maximum Gasteiger partial charge on any atom is 0.312 e. The first-order chi connectivity index (χ1) is 18.9. The molecular weight excluding hydrogens is 536 g/mol. The van der Waals surface area contributed by atoms with Gasteiger partial charge in [-0.1, -0.05) is 27.2 Å². The van der Waals surface area contributed by atoms with Gasteiger partial charge in [0.2, 0.25) is 16.8 Å². The molecule has 1 saturated heterocycles. The Morgan fingerprint density at radius 2 is 1.90 bits per heavy atom. The Morgan fingerprint density at radius 1 is 1.20 bits per heavy atom. The quantitative estimate of drug-likeness (QED) is 0.287. The summed E-state index contributed by atoms with van der Waals surface area (Å²) in [4.78, 5) is 29.2. The first-order valence-electron chi connectivity index (χ1n) is 13.6. The molecule has 1 N–H and O–H groups in total. The highest BCUT2D eigenvalue weighted by atomic mass is 32.2. The van der Waals surface area contributed by atoms with Crippen LogP contribution in [0.15, 0.2) is 27.9 Å². The Balaban J connectivity index is 1.68. The molecule has 0 spiro atoms. The summed E-state index contributed by atoms with van der Waals surface area (Å²) in [6.07, 6.45) is 1.55. The zero-order valence-electron chi connectivity index (χ0n) is 24.1. The Bertz CT molecular complexity index is 1550. The highest BCUT2D eigenvalue weighted by molar-refractivity contribution is 7.89. The molecule has 1 aromatic carbocycles. The predicted octanol–water partition coefficient (Wildman–Crippen LogP) is 2.28. The molecule has 0 unspecified atom stereocenters. The molecule has 0 amide bonds. The third-order valence-electron chi connectivity index (χ3n) is 7.27. The van der Waals surface area contributed by atoms with Crippen molar-refractivity contribution in [3.05, 3.63) is 34.2 Å². The van der Waals surface area contributed by atoms with Crippen LogP contribution in [-0.2, 0) is 33.0 Å². The molecule has 0 bridgehead atoms. The van der Waals surface area contributed by atoms with Crippen molar-refractivity contribution < 1.29 is 27.2 Å². The number of carbonyl (C=O) groups excluding carboxylic acids is 1. The molecule has 0 radical (unpaired) electrons. The van der Waals surface area contributed by atoms with Gasteiger partial charge in [-0.25, -0.2) is 8.42 Å². The molecule has 40 heavy (non-hydrogen) atoms. The van der Waals surface area contributed by atoms with Crippen LogP contribution in [0.5, 0.6) is 5.75 Å². The van der Waals surface area contributed by atoms with Crippen molar-refractivity contribution in [1.29, 1.82) is 0 Å². The Morgan fingerprint density at radius 3 is 2.52 bits per heavy atom. The number of esters is 1. The summed E-state index contributed by atoms with van der Waals surface area (Å²) in [5.74, 6) is 0.239. The van der Waals surface area contributed by atoms with Crippen LogP contribution in [0.3, 0.4) is 0 Å². The van der Waals surface area contributed by atoms with Crippen LogP contribution >= 0.6 is 0 Å². The molecule has 1 aliphatic heterocycles. The van der Waals surface area contributed by atoms with Crippen LogP contribution in [0, 0.1) is 5.92 Å². The number of quaternary nitrogens is 1. The van der Waals surface area contributed by atoms with E-state index in [0.717, 1.165) is 12.1 Å². The van der Waals surface area contributed by atoms with E-state index in [-0.39, 0.29) is 42.1 Å². The van der Waals surface area contributed by atoms with Gasteiger partial charge >= 0.3 is 11.5 Å². The van der Waals surface area contributed by atoms with Gasteiger partial charge < -0.3 is 14.0 Å². The third kappa shape index (κ3) is 5.77. The second kappa shape index (κ2) is 11.7. The lowest BCUT2D eigenvalue weighted by atomic mass is 10.1. The number of sulfonamides is 1. The lowest BCUT2D eigenvalue weighted by molar-refractivity contribution is -0.928. The summed E-state index contributed by atoms with van der Waals surface area (Å²) in [5.41, 5.74) is 1.61. The van der Waals surface area contributed by atoms with E-state index < -0.39 is 15.6 Å². The van der Waals surface area contributed by atoms with Crippen LogP contribution in [0.1, 0.15) is 39.8 Å². The van der Waals surface area contributed by atoms with Crippen LogP contribution < -0.4 is 10.3 Å². The summed E-state index contributed by atoms with van der Waals surface area (Å²) in [6.45, 7) is 9.54. The molecule has 3 heterocycles. The van der Waals surface area contributed by atoms with E-state index in [0.29, 0.717) is 53.3 Å². The Hall–Kier alpha value is -3.29. The summed E-state index contributed by atoms with van der Waals surface area (Å²) >= 11 is 0. The maximum atomic E-state index is 13.8. The van der Waals surface area contributed by atoms with Gasteiger partial charge in [0.15, 0.2) is 5.52 Å². The van der Waals surface area contributed by atoms with Gasteiger partial charge in [0.05, 0.1) is 67.4 Å². The maximum absolute atomic E-state index is 13.8. The minimum Gasteiger partial charge on any atom is -0.493 e. The zero-order valence-corrected chi connectivity index (χ0v) is 24.9. The van der Waals surface area contributed by atoms with Gasteiger partial charge in [-0.05, 0) is 31.5 Å². The van der Waals surface area contributed by atoms with E-state index in [4.69, 9.17) is 9.47 Å². The van der Waals surface area contributed by atoms with Gasteiger partial charge in [-0.3, -0.25) is 19.2 Å². The number of hydrogen-bond acceptors (Lipinski definition) is 8. The Kier molecular flexibility index (Phi) is 8.66. The first-order valence-corrected chi connectivity index (χ1v) is 15.1. The summed E-state index contributed by atoms with van der Waals surface area (Å²) in [6, 6.07) is 4.66. The first kappa shape index (κ1) is 29.7. The normalized spacial score (nSPS) is 16.0. The zero-order chi connectivity index (χ0) is 29.2. The average Bonchev–Trinajstić information content (AvgIpc) is 3.35. The number of likely N-dealkylation sites (N-methyl/N-ethyl adjacent to an activating group) is 1. The molecule has 0 saturated carbocycles. The van der Waals surface area contributed by atoms with Crippen molar-refractivity contribution in [3.63, 3.8) is 0 Å². The number of aromatic nitrogens is 4. The van der Waals surface area contributed by atoms with E-state index >= 15 is 0 Å². The van der Waals surface area contributed by atoms with Gasteiger partial charge in [-0.2, -0.15) is 14.4 Å². The number of ether oxygens (including phenoxy) is 2. The molecule has 3 aromatic rings. The Labute approximate surface area is 234 Å². The number of piperazine rings is 1. The van der Waals surface area contributed by atoms with Crippen molar-refractivity contribution >= 4 is 27.0 Å². The molecule has 1 aliphatic rings. The van der Waals surface area contributed by atoms with Crippen molar-refractivity contribution in [2.24, 2.45) is 13.0 Å². The SMILES string of the molecule is CCCc1[nH]nc2c(=O)nc(-c3cc(S(=O)(=O)N4CC[N+](C)(COC(=O)C(C)C)CC4)ccc3OCC)n(C)c12. The van der Waals surface area contributed by atoms with Crippen molar-refractivity contribution in [2.45, 2.75) is 45.4 Å². The lowest BCUT2D eigenvalue weighted by Crippen LogP contribution is -2.59. The molecular formula is C27H39N6O6S+. The lowest BCUT2D eigenvalue weighted by Gasteiger charge is -2.40. The number of nitrogens with zero attached hydrogens (tertiary/aromatic N) is 5. The fraction of sp³-hybridized carbons (Fsp3) is 0.556. The van der Waals surface area contributed by atoms with E-state index in [1.807, 2.05) is 20.9 Å². The fourth-order valence-corrected chi connectivity index (χ4v) is 6.29.